The van der Waals surface area contributed by atoms with Gasteiger partial charge in [0, 0.05) is 23.3 Å². The Hall–Kier alpha value is -1.95. The molecule has 19 heavy (non-hydrogen) atoms. The summed E-state index contributed by atoms with van der Waals surface area (Å²) < 4.78 is 0.896. The summed E-state index contributed by atoms with van der Waals surface area (Å²) in [5.74, 6) is 0.230. The lowest BCUT2D eigenvalue weighted by atomic mass is 10.2. The van der Waals surface area contributed by atoms with Crippen LogP contribution in [0.25, 0.3) is 11.4 Å². The van der Waals surface area contributed by atoms with Crippen LogP contribution in [0.5, 0.6) is 0 Å². The highest BCUT2D eigenvalue weighted by Gasteiger charge is 2.10. The Bertz CT molecular complexity index is 604. The number of benzene rings is 1. The maximum Gasteiger partial charge on any atom is 0.323 e. The minimum Gasteiger partial charge on any atom is -0.480 e. The van der Waals surface area contributed by atoms with Crippen molar-refractivity contribution in [2.75, 3.05) is 18.5 Å². The summed E-state index contributed by atoms with van der Waals surface area (Å²) in [4.78, 5) is 20.9. The summed E-state index contributed by atoms with van der Waals surface area (Å²) in [5.41, 5.74) is 0.869. The molecule has 0 fully saturated rings. The minimum absolute atomic E-state index is 0.105. The van der Waals surface area contributed by atoms with E-state index >= 15 is 0 Å². The van der Waals surface area contributed by atoms with Gasteiger partial charge in [-0.3, -0.25) is 4.79 Å². The van der Waals surface area contributed by atoms with Crippen molar-refractivity contribution >= 4 is 27.7 Å². The molecule has 0 spiro atoms. The molecule has 0 radical (unpaired) electrons. The predicted octanol–water partition coefficient (Wildman–Crippen LogP) is 2.43. The summed E-state index contributed by atoms with van der Waals surface area (Å²) in [6.45, 7) is -0.105. The van der Waals surface area contributed by atoms with Crippen LogP contribution in [-0.4, -0.2) is 34.6 Å². The first kappa shape index (κ1) is 13.5. The number of rotatable bonds is 4. The zero-order valence-electron chi connectivity index (χ0n) is 10.2. The van der Waals surface area contributed by atoms with Crippen molar-refractivity contribution < 1.29 is 9.90 Å². The van der Waals surface area contributed by atoms with E-state index in [-0.39, 0.29) is 6.54 Å². The van der Waals surface area contributed by atoms with Crippen LogP contribution < -0.4 is 4.90 Å². The van der Waals surface area contributed by atoms with Gasteiger partial charge in [0.1, 0.15) is 12.4 Å². The van der Waals surface area contributed by atoms with Crippen molar-refractivity contribution in [1.29, 1.82) is 0 Å². The quantitative estimate of drug-likeness (QED) is 0.936. The van der Waals surface area contributed by atoms with E-state index in [0.29, 0.717) is 11.6 Å². The van der Waals surface area contributed by atoms with Gasteiger partial charge in [-0.2, -0.15) is 0 Å². The number of aliphatic carboxylic acids is 1. The number of hydrogen-bond donors (Lipinski definition) is 1. The molecule has 2 aromatic rings. The normalized spacial score (nSPS) is 10.2. The summed E-state index contributed by atoms with van der Waals surface area (Å²) in [6.07, 6.45) is 1.62. The Morgan fingerprint density at radius 3 is 2.79 bits per heavy atom. The van der Waals surface area contributed by atoms with Gasteiger partial charge in [-0.05, 0) is 12.1 Å². The summed E-state index contributed by atoms with van der Waals surface area (Å²) in [7, 11) is 1.68. The summed E-state index contributed by atoms with van der Waals surface area (Å²) in [6, 6.07) is 9.31. The minimum atomic E-state index is -0.899. The number of aromatic nitrogens is 2. The molecule has 6 heteroatoms. The van der Waals surface area contributed by atoms with Gasteiger partial charge >= 0.3 is 5.97 Å². The molecule has 0 unspecified atom stereocenters. The third-order valence-electron chi connectivity index (χ3n) is 2.52. The van der Waals surface area contributed by atoms with Gasteiger partial charge in [0.25, 0.3) is 0 Å². The van der Waals surface area contributed by atoms with Crippen molar-refractivity contribution in [2.45, 2.75) is 0 Å². The van der Waals surface area contributed by atoms with Gasteiger partial charge in [0.2, 0.25) is 0 Å². The third kappa shape index (κ3) is 3.29. The van der Waals surface area contributed by atoms with Gasteiger partial charge in [-0.25, -0.2) is 9.97 Å². The highest BCUT2D eigenvalue weighted by Crippen LogP contribution is 2.25. The predicted molar refractivity (Wildman–Crippen MR) is 76.1 cm³/mol. The molecule has 0 saturated heterocycles. The van der Waals surface area contributed by atoms with E-state index in [1.807, 2.05) is 24.3 Å². The molecule has 0 aliphatic heterocycles. The number of anilines is 1. The third-order valence-corrected chi connectivity index (χ3v) is 3.21. The van der Waals surface area contributed by atoms with Crippen molar-refractivity contribution in [3.05, 3.63) is 41.0 Å². The Balaban J connectivity index is 2.34. The smallest absolute Gasteiger partial charge is 0.323 e. The van der Waals surface area contributed by atoms with Gasteiger partial charge in [0.15, 0.2) is 5.82 Å². The van der Waals surface area contributed by atoms with Crippen LogP contribution in [0.15, 0.2) is 41.0 Å². The molecular formula is C13H12BrN3O2. The van der Waals surface area contributed by atoms with Crippen molar-refractivity contribution in [3.8, 4) is 11.4 Å². The van der Waals surface area contributed by atoms with Crippen LogP contribution in [0, 0.1) is 0 Å². The van der Waals surface area contributed by atoms with E-state index < -0.39 is 5.97 Å². The van der Waals surface area contributed by atoms with Crippen LogP contribution >= 0.6 is 15.9 Å². The number of halogens is 1. The van der Waals surface area contributed by atoms with E-state index in [2.05, 4.69) is 25.9 Å². The molecule has 1 aromatic heterocycles. The summed E-state index contributed by atoms with van der Waals surface area (Å²) >= 11 is 3.45. The topological polar surface area (TPSA) is 66.3 Å². The van der Waals surface area contributed by atoms with Crippen LogP contribution in [0.1, 0.15) is 0 Å². The number of carboxylic acid groups (broad SMARTS) is 1. The van der Waals surface area contributed by atoms with E-state index in [4.69, 9.17) is 5.11 Å². The highest BCUT2D eigenvalue weighted by atomic mass is 79.9. The Morgan fingerprint density at radius 1 is 1.37 bits per heavy atom. The SMILES string of the molecule is CN(CC(=O)O)c1ccnc(-c2ccccc2Br)n1. The molecule has 2 rings (SSSR count). The zero-order valence-corrected chi connectivity index (χ0v) is 11.8. The molecular weight excluding hydrogens is 310 g/mol. The number of nitrogens with zero attached hydrogens (tertiary/aromatic N) is 3. The molecule has 5 nitrogen and oxygen atoms in total. The molecule has 1 heterocycles. The van der Waals surface area contributed by atoms with Gasteiger partial charge in [-0.15, -0.1) is 0 Å². The van der Waals surface area contributed by atoms with E-state index in [1.54, 1.807) is 24.2 Å². The van der Waals surface area contributed by atoms with Gasteiger partial charge in [-0.1, -0.05) is 34.1 Å². The Kier molecular flexibility index (Phi) is 4.11. The molecule has 1 aromatic carbocycles. The lowest BCUT2D eigenvalue weighted by Crippen LogP contribution is -2.26. The van der Waals surface area contributed by atoms with Crippen LogP contribution in [0.4, 0.5) is 5.82 Å². The molecule has 0 aliphatic carbocycles. The second-order valence-corrected chi connectivity index (χ2v) is 4.82. The number of hydrogen-bond acceptors (Lipinski definition) is 4. The first-order valence-electron chi connectivity index (χ1n) is 5.59. The fourth-order valence-electron chi connectivity index (χ4n) is 1.62. The first-order valence-corrected chi connectivity index (χ1v) is 6.38. The molecule has 1 N–H and O–H groups in total. The van der Waals surface area contributed by atoms with Crippen molar-refractivity contribution in [2.24, 2.45) is 0 Å². The molecule has 0 bridgehead atoms. The highest BCUT2D eigenvalue weighted by molar-refractivity contribution is 9.10. The Labute approximate surface area is 119 Å². The fourth-order valence-corrected chi connectivity index (χ4v) is 2.08. The average Bonchev–Trinajstić information content (AvgIpc) is 2.38. The van der Waals surface area contributed by atoms with Crippen LogP contribution in [-0.2, 0) is 4.79 Å². The summed E-state index contributed by atoms with van der Waals surface area (Å²) in [5, 5.41) is 8.78. The first-order chi connectivity index (χ1) is 9.08. The van der Waals surface area contributed by atoms with Crippen LogP contribution in [0.3, 0.4) is 0 Å². The second kappa shape index (κ2) is 5.79. The lowest BCUT2D eigenvalue weighted by Gasteiger charge is -2.15. The zero-order chi connectivity index (χ0) is 13.8. The fraction of sp³-hybridized carbons (Fsp3) is 0.154. The standard InChI is InChI=1S/C13H12BrN3O2/c1-17(8-12(18)19)11-6-7-15-13(16-11)9-4-2-3-5-10(9)14/h2-7H,8H2,1H3,(H,18,19). The molecule has 0 amide bonds. The molecule has 0 saturated carbocycles. The molecule has 0 atom stereocenters. The number of likely N-dealkylation sites (N-methyl/N-ethyl adjacent to an activating group) is 1. The second-order valence-electron chi connectivity index (χ2n) is 3.97. The Morgan fingerprint density at radius 2 is 2.11 bits per heavy atom. The maximum absolute atomic E-state index is 10.7. The monoisotopic (exact) mass is 321 g/mol. The van der Waals surface area contributed by atoms with E-state index in [1.165, 1.54) is 0 Å². The van der Waals surface area contributed by atoms with Crippen LogP contribution in [0.2, 0.25) is 0 Å². The van der Waals surface area contributed by atoms with Crippen molar-refractivity contribution in [3.63, 3.8) is 0 Å². The maximum atomic E-state index is 10.7. The molecule has 98 valence electrons. The molecule has 0 aliphatic rings. The number of carbonyl (C=O) groups is 1. The lowest BCUT2D eigenvalue weighted by molar-refractivity contribution is -0.135. The van der Waals surface area contributed by atoms with E-state index in [9.17, 15) is 4.79 Å². The van der Waals surface area contributed by atoms with Gasteiger partial charge < -0.3 is 10.0 Å². The van der Waals surface area contributed by atoms with E-state index in [0.717, 1.165) is 10.0 Å². The van der Waals surface area contributed by atoms with Crippen molar-refractivity contribution in [1.82, 2.24) is 9.97 Å². The number of carboxylic acids is 1. The average molecular weight is 322 g/mol. The van der Waals surface area contributed by atoms with Gasteiger partial charge in [0.05, 0.1) is 0 Å². The largest absolute Gasteiger partial charge is 0.480 e.